The summed E-state index contributed by atoms with van der Waals surface area (Å²) in [7, 11) is 0. The fraction of sp³-hybridized carbons (Fsp3) is 0. The van der Waals surface area contributed by atoms with Crippen molar-refractivity contribution in [2.45, 2.75) is 0 Å². The quantitative estimate of drug-likeness (QED) is 0.767. The number of aromatic nitrogens is 2. The number of carboxylic acid groups (broad SMARTS) is 1. The van der Waals surface area contributed by atoms with Gasteiger partial charge in [-0.1, -0.05) is 35.4 Å². The molecule has 23 heavy (non-hydrogen) atoms. The molecule has 2 aromatic carbocycles. The lowest BCUT2D eigenvalue weighted by Gasteiger charge is -2.04. The molecule has 3 rings (SSSR count). The average Bonchev–Trinajstić information content (AvgIpc) is 3.04. The number of hydrogen-bond acceptors (Lipinski definition) is 5. The zero-order valence-electron chi connectivity index (χ0n) is 11.8. The number of amides is 1. The molecule has 0 spiro atoms. The average molecular weight is 309 g/mol. The Morgan fingerprint density at radius 2 is 1.57 bits per heavy atom. The number of carbonyl (C=O) groups is 2. The summed E-state index contributed by atoms with van der Waals surface area (Å²) in [5.74, 6) is -1.56. The van der Waals surface area contributed by atoms with Crippen molar-refractivity contribution in [1.82, 2.24) is 10.2 Å². The summed E-state index contributed by atoms with van der Waals surface area (Å²) in [6, 6.07) is 14.8. The first-order valence-electron chi connectivity index (χ1n) is 6.68. The van der Waals surface area contributed by atoms with E-state index >= 15 is 0 Å². The van der Waals surface area contributed by atoms with E-state index in [2.05, 4.69) is 15.5 Å². The first kappa shape index (κ1) is 14.5. The second-order valence-corrected chi connectivity index (χ2v) is 4.58. The minimum atomic E-state index is -1.19. The van der Waals surface area contributed by atoms with Gasteiger partial charge >= 0.3 is 12.0 Å². The Labute approximate surface area is 130 Å². The minimum absolute atomic E-state index is 0.0134. The van der Waals surface area contributed by atoms with Crippen LogP contribution < -0.4 is 5.32 Å². The summed E-state index contributed by atoms with van der Waals surface area (Å²) in [6.07, 6.45) is 0. The van der Waals surface area contributed by atoms with Gasteiger partial charge in [0.15, 0.2) is 0 Å². The number of carbonyl (C=O) groups excluding carboxylic acids is 1. The molecule has 0 aliphatic carbocycles. The third-order valence-electron chi connectivity index (χ3n) is 3.07. The van der Waals surface area contributed by atoms with E-state index in [1.807, 2.05) is 18.2 Å². The Hall–Kier alpha value is -3.48. The van der Waals surface area contributed by atoms with Gasteiger partial charge in [-0.2, -0.15) is 0 Å². The van der Waals surface area contributed by atoms with Gasteiger partial charge in [0.2, 0.25) is 5.89 Å². The molecule has 0 fully saturated rings. The Morgan fingerprint density at radius 3 is 2.26 bits per heavy atom. The maximum Gasteiger partial charge on any atom is 0.336 e. The normalized spacial score (nSPS) is 10.3. The molecule has 0 atom stereocenters. The van der Waals surface area contributed by atoms with Gasteiger partial charge in [-0.15, -0.1) is 5.10 Å². The molecule has 114 valence electrons. The van der Waals surface area contributed by atoms with Crippen LogP contribution in [0.1, 0.15) is 20.7 Å². The molecule has 0 aliphatic heterocycles. The van der Waals surface area contributed by atoms with Crippen LogP contribution in [0, 0.1) is 0 Å². The third kappa shape index (κ3) is 3.08. The van der Waals surface area contributed by atoms with Gasteiger partial charge in [0.05, 0.1) is 11.1 Å². The third-order valence-corrected chi connectivity index (χ3v) is 3.07. The second-order valence-electron chi connectivity index (χ2n) is 4.58. The van der Waals surface area contributed by atoms with Crippen LogP contribution in [0.2, 0.25) is 0 Å². The van der Waals surface area contributed by atoms with E-state index in [9.17, 15) is 9.59 Å². The van der Waals surface area contributed by atoms with Gasteiger partial charge in [0.1, 0.15) is 0 Å². The SMILES string of the molecule is O=C(O)c1ccccc1C(=O)Nc1nnc(-c2ccccc2)o1. The van der Waals surface area contributed by atoms with E-state index in [0.717, 1.165) is 0 Å². The van der Waals surface area contributed by atoms with Crippen LogP contribution in [0.5, 0.6) is 0 Å². The topological polar surface area (TPSA) is 105 Å². The van der Waals surface area contributed by atoms with Gasteiger partial charge in [-0.05, 0) is 24.3 Å². The summed E-state index contributed by atoms with van der Waals surface area (Å²) in [5, 5.41) is 19.1. The van der Waals surface area contributed by atoms with Crippen molar-refractivity contribution in [3.63, 3.8) is 0 Å². The lowest BCUT2D eigenvalue weighted by molar-refractivity contribution is 0.0692. The molecule has 0 saturated carbocycles. The van der Waals surface area contributed by atoms with E-state index < -0.39 is 11.9 Å². The van der Waals surface area contributed by atoms with Crippen molar-refractivity contribution in [3.8, 4) is 11.5 Å². The summed E-state index contributed by atoms with van der Waals surface area (Å²) in [4.78, 5) is 23.3. The molecule has 0 unspecified atom stereocenters. The molecule has 1 aromatic heterocycles. The summed E-state index contributed by atoms with van der Waals surface area (Å²) < 4.78 is 5.36. The first-order chi connectivity index (χ1) is 11.1. The van der Waals surface area contributed by atoms with Gasteiger partial charge in [0.25, 0.3) is 5.91 Å². The van der Waals surface area contributed by atoms with E-state index in [1.165, 1.54) is 12.1 Å². The van der Waals surface area contributed by atoms with E-state index in [4.69, 9.17) is 9.52 Å². The van der Waals surface area contributed by atoms with Crippen LogP contribution in [-0.4, -0.2) is 27.2 Å². The van der Waals surface area contributed by atoms with Crippen LogP contribution in [0.3, 0.4) is 0 Å². The summed E-state index contributed by atoms with van der Waals surface area (Å²) >= 11 is 0. The second kappa shape index (κ2) is 6.10. The molecule has 7 nitrogen and oxygen atoms in total. The van der Waals surface area contributed by atoms with Crippen molar-refractivity contribution in [2.75, 3.05) is 5.32 Å². The zero-order valence-corrected chi connectivity index (χ0v) is 11.8. The molecule has 7 heteroatoms. The van der Waals surface area contributed by atoms with E-state index in [0.29, 0.717) is 5.56 Å². The molecule has 2 N–H and O–H groups in total. The lowest BCUT2D eigenvalue weighted by atomic mass is 10.1. The highest BCUT2D eigenvalue weighted by molar-refractivity contribution is 6.09. The minimum Gasteiger partial charge on any atom is -0.478 e. The van der Waals surface area contributed by atoms with Crippen LogP contribution in [0.25, 0.3) is 11.5 Å². The van der Waals surface area contributed by atoms with Crippen molar-refractivity contribution in [1.29, 1.82) is 0 Å². The number of nitrogens with zero attached hydrogens (tertiary/aromatic N) is 2. The van der Waals surface area contributed by atoms with Crippen molar-refractivity contribution < 1.29 is 19.1 Å². The fourth-order valence-corrected chi connectivity index (χ4v) is 2.00. The first-order valence-corrected chi connectivity index (χ1v) is 6.68. The van der Waals surface area contributed by atoms with Crippen LogP contribution in [-0.2, 0) is 0 Å². The number of rotatable bonds is 4. The Kier molecular flexibility index (Phi) is 3.84. The van der Waals surface area contributed by atoms with Crippen LogP contribution >= 0.6 is 0 Å². The Morgan fingerprint density at radius 1 is 0.913 bits per heavy atom. The number of hydrogen-bond donors (Lipinski definition) is 2. The molecular weight excluding hydrogens is 298 g/mol. The molecule has 1 amide bonds. The van der Waals surface area contributed by atoms with E-state index in [1.54, 1.807) is 24.3 Å². The number of anilines is 1. The number of nitrogens with one attached hydrogen (secondary N) is 1. The standard InChI is InChI=1S/C16H11N3O4/c20-13(11-8-4-5-9-12(11)15(21)22)17-16-19-18-14(23-16)10-6-2-1-3-7-10/h1-9H,(H,21,22)(H,17,19,20). The molecular formula is C16H11N3O4. The predicted molar refractivity (Wildman–Crippen MR) is 81.1 cm³/mol. The van der Waals surface area contributed by atoms with Crippen molar-refractivity contribution in [3.05, 3.63) is 65.7 Å². The van der Waals surface area contributed by atoms with Gasteiger partial charge in [-0.3, -0.25) is 10.1 Å². The van der Waals surface area contributed by atoms with E-state index in [-0.39, 0.29) is 23.0 Å². The highest BCUT2D eigenvalue weighted by Gasteiger charge is 2.18. The Balaban J connectivity index is 1.82. The van der Waals surface area contributed by atoms with Gasteiger partial charge < -0.3 is 9.52 Å². The predicted octanol–water partition coefficient (Wildman–Crippen LogP) is 2.69. The summed E-state index contributed by atoms with van der Waals surface area (Å²) in [5.41, 5.74) is 0.624. The lowest BCUT2D eigenvalue weighted by Crippen LogP contribution is -2.16. The largest absolute Gasteiger partial charge is 0.478 e. The van der Waals surface area contributed by atoms with Crippen molar-refractivity contribution in [2.24, 2.45) is 0 Å². The molecule has 0 radical (unpaired) electrons. The Bertz CT molecular complexity index is 859. The van der Waals surface area contributed by atoms with Gasteiger partial charge in [-0.25, -0.2) is 4.79 Å². The smallest absolute Gasteiger partial charge is 0.336 e. The highest BCUT2D eigenvalue weighted by Crippen LogP contribution is 2.20. The number of carboxylic acids is 1. The van der Waals surface area contributed by atoms with Gasteiger partial charge in [0, 0.05) is 5.56 Å². The molecule has 3 aromatic rings. The van der Waals surface area contributed by atoms with Crippen LogP contribution in [0.4, 0.5) is 6.01 Å². The number of aromatic carboxylic acids is 1. The molecule has 0 saturated heterocycles. The van der Waals surface area contributed by atoms with Crippen molar-refractivity contribution >= 4 is 17.9 Å². The van der Waals surface area contributed by atoms with Crippen LogP contribution in [0.15, 0.2) is 59.0 Å². The summed E-state index contributed by atoms with van der Waals surface area (Å²) in [6.45, 7) is 0. The molecule has 1 heterocycles. The molecule has 0 bridgehead atoms. The monoisotopic (exact) mass is 309 g/mol. The molecule has 0 aliphatic rings. The maximum absolute atomic E-state index is 12.2. The maximum atomic E-state index is 12.2. The highest BCUT2D eigenvalue weighted by atomic mass is 16.4. The number of benzene rings is 2. The zero-order chi connectivity index (χ0) is 16.2. The fourth-order valence-electron chi connectivity index (χ4n) is 2.00.